The van der Waals surface area contributed by atoms with Gasteiger partial charge in [0.1, 0.15) is 0 Å². The second-order valence-electron chi connectivity index (χ2n) is 3.63. The summed E-state index contributed by atoms with van der Waals surface area (Å²) in [6.07, 6.45) is 5.00. The standard InChI is InChI=1S/C10H21NO2/c1-2-12-8-9(11)5-6-10-4-3-7-13-10/h9-10H,2-8,11H2,1H3. The lowest BCUT2D eigenvalue weighted by molar-refractivity contribution is 0.0907. The third-order valence-electron chi connectivity index (χ3n) is 2.42. The van der Waals surface area contributed by atoms with Crippen LogP contribution in [0.3, 0.4) is 0 Å². The van der Waals surface area contributed by atoms with Gasteiger partial charge in [0.25, 0.3) is 0 Å². The van der Waals surface area contributed by atoms with Crippen LogP contribution < -0.4 is 5.73 Å². The maximum Gasteiger partial charge on any atom is 0.0617 e. The highest BCUT2D eigenvalue weighted by atomic mass is 16.5. The van der Waals surface area contributed by atoms with Gasteiger partial charge in [-0.3, -0.25) is 0 Å². The number of ether oxygens (including phenoxy) is 2. The van der Waals surface area contributed by atoms with E-state index in [0.717, 1.165) is 26.1 Å². The van der Waals surface area contributed by atoms with Crippen molar-refractivity contribution in [1.29, 1.82) is 0 Å². The first kappa shape index (κ1) is 11.0. The van der Waals surface area contributed by atoms with Crippen LogP contribution in [0.4, 0.5) is 0 Å². The van der Waals surface area contributed by atoms with Crippen molar-refractivity contribution in [1.82, 2.24) is 0 Å². The Bertz CT molecular complexity index is 124. The summed E-state index contributed by atoms with van der Waals surface area (Å²) in [5.74, 6) is 0. The Balaban J connectivity index is 1.97. The van der Waals surface area contributed by atoms with Gasteiger partial charge in [0.15, 0.2) is 0 Å². The van der Waals surface area contributed by atoms with Gasteiger partial charge in [-0.05, 0) is 32.6 Å². The molecule has 1 fully saturated rings. The molecule has 0 saturated carbocycles. The fraction of sp³-hybridized carbons (Fsp3) is 1.00. The summed E-state index contributed by atoms with van der Waals surface area (Å²) in [6.45, 7) is 4.37. The first-order chi connectivity index (χ1) is 6.33. The fourth-order valence-electron chi connectivity index (χ4n) is 1.62. The monoisotopic (exact) mass is 187 g/mol. The Labute approximate surface area is 80.6 Å². The summed E-state index contributed by atoms with van der Waals surface area (Å²) in [7, 11) is 0. The lowest BCUT2D eigenvalue weighted by atomic mass is 10.1. The molecular weight excluding hydrogens is 166 g/mol. The summed E-state index contributed by atoms with van der Waals surface area (Å²) < 4.78 is 10.8. The summed E-state index contributed by atoms with van der Waals surface area (Å²) in [5, 5.41) is 0. The third-order valence-corrected chi connectivity index (χ3v) is 2.42. The van der Waals surface area contributed by atoms with Crippen LogP contribution in [0.15, 0.2) is 0 Å². The molecule has 3 heteroatoms. The van der Waals surface area contributed by atoms with Crippen molar-refractivity contribution >= 4 is 0 Å². The van der Waals surface area contributed by atoms with Gasteiger partial charge in [-0.1, -0.05) is 0 Å². The van der Waals surface area contributed by atoms with E-state index in [2.05, 4.69) is 0 Å². The average molecular weight is 187 g/mol. The van der Waals surface area contributed by atoms with E-state index in [-0.39, 0.29) is 6.04 Å². The molecular formula is C10H21NO2. The topological polar surface area (TPSA) is 44.5 Å². The van der Waals surface area contributed by atoms with Crippen LogP contribution in [0, 0.1) is 0 Å². The predicted molar refractivity (Wildman–Crippen MR) is 52.7 cm³/mol. The van der Waals surface area contributed by atoms with E-state index in [0.29, 0.717) is 12.7 Å². The van der Waals surface area contributed by atoms with Crippen molar-refractivity contribution in [2.75, 3.05) is 19.8 Å². The summed E-state index contributed by atoms with van der Waals surface area (Å²) >= 11 is 0. The Morgan fingerprint density at radius 3 is 3.08 bits per heavy atom. The normalized spacial score (nSPS) is 24.9. The molecule has 1 aliphatic rings. The molecule has 0 spiro atoms. The Morgan fingerprint density at radius 2 is 2.46 bits per heavy atom. The predicted octanol–water partition coefficient (Wildman–Crippen LogP) is 1.31. The molecule has 0 radical (unpaired) electrons. The molecule has 0 bridgehead atoms. The van der Waals surface area contributed by atoms with Crippen molar-refractivity contribution in [2.45, 2.75) is 44.8 Å². The highest BCUT2D eigenvalue weighted by Crippen LogP contribution is 2.17. The summed E-state index contributed by atoms with van der Waals surface area (Å²) in [6, 6.07) is 0.184. The molecule has 13 heavy (non-hydrogen) atoms. The van der Waals surface area contributed by atoms with Gasteiger partial charge >= 0.3 is 0 Å². The second-order valence-corrected chi connectivity index (χ2v) is 3.63. The zero-order chi connectivity index (χ0) is 9.52. The van der Waals surface area contributed by atoms with Crippen molar-refractivity contribution in [3.8, 4) is 0 Å². The van der Waals surface area contributed by atoms with Gasteiger partial charge < -0.3 is 15.2 Å². The molecule has 1 rings (SSSR count). The Morgan fingerprint density at radius 1 is 1.62 bits per heavy atom. The molecule has 2 N–H and O–H groups in total. The molecule has 0 aromatic rings. The molecule has 1 aliphatic heterocycles. The van der Waals surface area contributed by atoms with Gasteiger partial charge in [0, 0.05) is 19.3 Å². The molecule has 0 amide bonds. The zero-order valence-electron chi connectivity index (χ0n) is 8.50. The van der Waals surface area contributed by atoms with E-state index in [4.69, 9.17) is 15.2 Å². The molecule has 1 heterocycles. The summed E-state index contributed by atoms with van der Waals surface area (Å²) in [5.41, 5.74) is 5.86. The minimum Gasteiger partial charge on any atom is -0.380 e. The second kappa shape index (κ2) is 6.35. The smallest absolute Gasteiger partial charge is 0.0617 e. The van der Waals surface area contributed by atoms with E-state index in [1.54, 1.807) is 0 Å². The van der Waals surface area contributed by atoms with E-state index in [1.165, 1.54) is 12.8 Å². The molecule has 0 aliphatic carbocycles. The fourth-order valence-corrected chi connectivity index (χ4v) is 1.62. The highest BCUT2D eigenvalue weighted by Gasteiger charge is 2.16. The van der Waals surface area contributed by atoms with Crippen molar-refractivity contribution in [3.63, 3.8) is 0 Å². The van der Waals surface area contributed by atoms with Crippen molar-refractivity contribution in [2.24, 2.45) is 5.73 Å². The lowest BCUT2D eigenvalue weighted by Crippen LogP contribution is -2.27. The maximum atomic E-state index is 5.86. The number of hydrogen-bond donors (Lipinski definition) is 1. The van der Waals surface area contributed by atoms with Crippen LogP contribution in [0.1, 0.15) is 32.6 Å². The zero-order valence-corrected chi connectivity index (χ0v) is 8.50. The lowest BCUT2D eigenvalue weighted by Gasteiger charge is -2.14. The summed E-state index contributed by atoms with van der Waals surface area (Å²) in [4.78, 5) is 0. The molecule has 78 valence electrons. The van der Waals surface area contributed by atoms with Crippen LogP contribution in [0.5, 0.6) is 0 Å². The number of rotatable bonds is 6. The Hall–Kier alpha value is -0.120. The molecule has 1 saturated heterocycles. The van der Waals surface area contributed by atoms with Crippen LogP contribution >= 0.6 is 0 Å². The van der Waals surface area contributed by atoms with Crippen molar-refractivity contribution < 1.29 is 9.47 Å². The molecule has 2 unspecified atom stereocenters. The van der Waals surface area contributed by atoms with Crippen molar-refractivity contribution in [3.05, 3.63) is 0 Å². The highest BCUT2D eigenvalue weighted by molar-refractivity contribution is 4.69. The maximum absolute atomic E-state index is 5.86. The van der Waals surface area contributed by atoms with Gasteiger partial charge in [0.2, 0.25) is 0 Å². The van der Waals surface area contributed by atoms with Crippen LogP contribution in [-0.2, 0) is 9.47 Å². The molecule has 0 aromatic carbocycles. The largest absolute Gasteiger partial charge is 0.380 e. The number of nitrogens with two attached hydrogens (primary N) is 1. The Kier molecular flexibility index (Phi) is 5.35. The van der Waals surface area contributed by atoms with Gasteiger partial charge in [0.05, 0.1) is 12.7 Å². The molecule has 0 aromatic heterocycles. The molecule has 3 nitrogen and oxygen atoms in total. The van der Waals surface area contributed by atoms with Gasteiger partial charge in [-0.2, -0.15) is 0 Å². The first-order valence-corrected chi connectivity index (χ1v) is 5.28. The quantitative estimate of drug-likeness (QED) is 0.682. The molecule has 2 atom stereocenters. The van der Waals surface area contributed by atoms with E-state index >= 15 is 0 Å². The van der Waals surface area contributed by atoms with E-state index in [1.807, 2.05) is 6.92 Å². The number of hydrogen-bond acceptors (Lipinski definition) is 3. The SMILES string of the molecule is CCOCC(N)CCC1CCCO1. The van der Waals surface area contributed by atoms with Crippen LogP contribution in [-0.4, -0.2) is 32.0 Å². The minimum absolute atomic E-state index is 0.184. The van der Waals surface area contributed by atoms with Crippen LogP contribution in [0.25, 0.3) is 0 Å². The van der Waals surface area contributed by atoms with E-state index in [9.17, 15) is 0 Å². The van der Waals surface area contributed by atoms with Gasteiger partial charge in [-0.15, -0.1) is 0 Å². The minimum atomic E-state index is 0.184. The third kappa shape index (κ3) is 4.60. The first-order valence-electron chi connectivity index (χ1n) is 5.28. The van der Waals surface area contributed by atoms with Gasteiger partial charge in [-0.25, -0.2) is 0 Å². The van der Waals surface area contributed by atoms with E-state index < -0.39 is 0 Å². The average Bonchev–Trinajstić information content (AvgIpc) is 2.64. The van der Waals surface area contributed by atoms with Crippen LogP contribution in [0.2, 0.25) is 0 Å².